The first kappa shape index (κ1) is 32.1. The van der Waals surface area contributed by atoms with Crippen LogP contribution in [0.4, 0.5) is 5.69 Å². The van der Waals surface area contributed by atoms with Gasteiger partial charge in [-0.2, -0.15) is 0 Å². The molecule has 0 heterocycles. The predicted molar refractivity (Wildman–Crippen MR) is 172 cm³/mol. The van der Waals surface area contributed by atoms with Crippen molar-refractivity contribution in [2.75, 3.05) is 17.4 Å². The molecule has 4 aromatic carbocycles. The van der Waals surface area contributed by atoms with Crippen molar-refractivity contribution < 1.29 is 18.0 Å². The second-order valence-electron chi connectivity index (χ2n) is 10.1. The van der Waals surface area contributed by atoms with Crippen molar-refractivity contribution in [1.82, 2.24) is 10.2 Å². The Bertz CT molecular complexity index is 1650. The number of sulfonamides is 1. The Morgan fingerprint density at radius 3 is 2.12 bits per heavy atom. The topological polar surface area (TPSA) is 86.8 Å². The largest absolute Gasteiger partial charge is 0.355 e. The van der Waals surface area contributed by atoms with E-state index in [0.717, 1.165) is 21.0 Å². The summed E-state index contributed by atoms with van der Waals surface area (Å²) in [5.74, 6) is -0.901. The second kappa shape index (κ2) is 14.6. The second-order valence-corrected chi connectivity index (χ2v) is 12.8. The molecule has 0 aromatic heterocycles. The molecule has 224 valence electrons. The van der Waals surface area contributed by atoms with Crippen molar-refractivity contribution in [3.8, 4) is 0 Å². The van der Waals surface area contributed by atoms with Crippen molar-refractivity contribution in [3.05, 3.63) is 130 Å². The monoisotopic (exact) mass is 637 g/mol. The Morgan fingerprint density at radius 2 is 1.49 bits per heavy atom. The number of nitrogens with zero attached hydrogens (tertiary/aromatic N) is 2. The summed E-state index contributed by atoms with van der Waals surface area (Å²) in [6, 6.07) is 28.2. The Morgan fingerprint density at radius 1 is 0.814 bits per heavy atom. The highest BCUT2D eigenvalue weighted by molar-refractivity contribution is 7.92. The van der Waals surface area contributed by atoms with Gasteiger partial charge < -0.3 is 10.2 Å². The summed E-state index contributed by atoms with van der Waals surface area (Å²) < 4.78 is 29.1. The molecule has 7 nitrogen and oxygen atoms in total. The lowest BCUT2D eigenvalue weighted by Crippen LogP contribution is -2.53. The summed E-state index contributed by atoms with van der Waals surface area (Å²) in [7, 11) is -4.20. The Balaban J connectivity index is 1.79. The van der Waals surface area contributed by atoms with Crippen LogP contribution in [0.3, 0.4) is 0 Å². The smallest absolute Gasteiger partial charge is 0.264 e. The van der Waals surface area contributed by atoms with Crippen LogP contribution in [0.5, 0.6) is 0 Å². The molecule has 0 aliphatic heterocycles. The van der Waals surface area contributed by atoms with Gasteiger partial charge in [0.2, 0.25) is 11.8 Å². The average Bonchev–Trinajstić information content (AvgIpc) is 2.99. The van der Waals surface area contributed by atoms with Gasteiger partial charge >= 0.3 is 0 Å². The molecular weight excluding hydrogens is 605 g/mol. The van der Waals surface area contributed by atoms with Crippen molar-refractivity contribution in [3.63, 3.8) is 0 Å². The molecule has 0 bridgehead atoms. The van der Waals surface area contributed by atoms with E-state index in [1.807, 2.05) is 37.3 Å². The van der Waals surface area contributed by atoms with Crippen LogP contribution < -0.4 is 9.62 Å². The van der Waals surface area contributed by atoms with Gasteiger partial charge in [0.1, 0.15) is 12.6 Å². The highest BCUT2D eigenvalue weighted by Gasteiger charge is 2.34. The predicted octanol–water partition coefficient (Wildman–Crippen LogP) is 6.27. The zero-order chi connectivity index (χ0) is 31.0. The molecule has 4 aromatic rings. The summed E-state index contributed by atoms with van der Waals surface area (Å²) in [5, 5.41) is 3.69. The van der Waals surface area contributed by atoms with Crippen LogP contribution >= 0.6 is 23.2 Å². The summed E-state index contributed by atoms with van der Waals surface area (Å²) in [6.07, 6.45) is 0.230. The minimum absolute atomic E-state index is 0.0275. The minimum Gasteiger partial charge on any atom is -0.355 e. The number of hydrogen-bond acceptors (Lipinski definition) is 4. The number of rotatable bonds is 12. The fourth-order valence-electron chi connectivity index (χ4n) is 4.63. The van der Waals surface area contributed by atoms with Crippen LogP contribution in [0.25, 0.3) is 0 Å². The Labute approximate surface area is 263 Å². The first-order valence-corrected chi connectivity index (χ1v) is 16.0. The zero-order valence-corrected chi connectivity index (χ0v) is 26.2. The Hall–Kier alpha value is -3.85. The SMILES string of the molecule is CCNC(=O)[C@H](Cc1ccccc1)N(Cc1ccc(Cl)cc1)C(=O)CN(c1cccc(Cl)c1)S(=O)(=O)c1ccc(C)cc1. The molecule has 0 spiro atoms. The van der Waals surface area contributed by atoms with E-state index in [4.69, 9.17) is 23.2 Å². The van der Waals surface area contributed by atoms with E-state index in [0.29, 0.717) is 16.6 Å². The first-order chi connectivity index (χ1) is 20.6. The van der Waals surface area contributed by atoms with Gasteiger partial charge in [0.25, 0.3) is 10.0 Å². The maximum Gasteiger partial charge on any atom is 0.264 e. The number of amides is 2. The molecule has 4 rings (SSSR count). The number of carbonyl (C=O) groups is 2. The fourth-order valence-corrected chi connectivity index (χ4v) is 6.35. The molecule has 43 heavy (non-hydrogen) atoms. The van der Waals surface area contributed by atoms with Crippen molar-refractivity contribution in [2.45, 2.75) is 37.8 Å². The summed E-state index contributed by atoms with van der Waals surface area (Å²) in [4.78, 5) is 29.3. The number of likely N-dealkylation sites (N-methyl/N-ethyl adjacent to an activating group) is 1. The lowest BCUT2D eigenvalue weighted by Gasteiger charge is -2.34. The van der Waals surface area contributed by atoms with Gasteiger partial charge in [-0.25, -0.2) is 8.42 Å². The standard InChI is InChI=1S/C33H33Cl2N3O4S/c1-3-36-33(40)31(20-25-8-5-4-6-9-25)37(22-26-14-16-27(34)17-15-26)32(39)23-38(29-11-7-10-28(35)21-29)43(41,42)30-18-12-24(2)13-19-30/h4-19,21,31H,3,20,22-23H2,1-2H3,(H,36,40)/t31-/m0/s1. The van der Waals surface area contributed by atoms with E-state index in [2.05, 4.69) is 5.32 Å². The van der Waals surface area contributed by atoms with E-state index in [-0.39, 0.29) is 29.5 Å². The number of anilines is 1. The van der Waals surface area contributed by atoms with Gasteiger partial charge in [-0.15, -0.1) is 0 Å². The third kappa shape index (κ3) is 8.38. The van der Waals surface area contributed by atoms with Crippen molar-refractivity contribution in [1.29, 1.82) is 0 Å². The third-order valence-electron chi connectivity index (χ3n) is 6.87. The summed E-state index contributed by atoms with van der Waals surface area (Å²) in [6.45, 7) is 3.52. The van der Waals surface area contributed by atoms with Gasteiger partial charge in [0.15, 0.2) is 0 Å². The van der Waals surface area contributed by atoms with Crippen molar-refractivity contribution in [2.24, 2.45) is 0 Å². The molecule has 10 heteroatoms. The van der Waals surface area contributed by atoms with Gasteiger partial charge in [0.05, 0.1) is 10.6 Å². The Kier molecular flexibility index (Phi) is 10.9. The highest BCUT2D eigenvalue weighted by Crippen LogP contribution is 2.27. The molecule has 0 aliphatic carbocycles. The number of aryl methyl sites for hydroxylation is 1. The molecule has 2 amide bonds. The molecule has 0 saturated carbocycles. The number of benzene rings is 4. The van der Waals surface area contributed by atoms with Crippen LogP contribution in [-0.4, -0.2) is 44.3 Å². The van der Waals surface area contributed by atoms with Gasteiger partial charge in [-0.05, 0) is 67.4 Å². The number of carbonyl (C=O) groups excluding carboxylic acids is 2. The molecule has 0 radical (unpaired) electrons. The van der Waals surface area contributed by atoms with Gasteiger partial charge in [-0.3, -0.25) is 13.9 Å². The van der Waals surface area contributed by atoms with Crippen LogP contribution in [0.1, 0.15) is 23.6 Å². The van der Waals surface area contributed by atoms with Gasteiger partial charge in [-0.1, -0.05) is 89.4 Å². The van der Waals surface area contributed by atoms with Crippen molar-refractivity contribution >= 4 is 50.7 Å². The minimum atomic E-state index is -4.20. The molecule has 0 saturated heterocycles. The zero-order valence-electron chi connectivity index (χ0n) is 23.9. The van der Waals surface area contributed by atoms with E-state index < -0.39 is 28.5 Å². The maximum atomic E-state index is 14.3. The molecule has 1 atom stereocenters. The van der Waals surface area contributed by atoms with Crippen LogP contribution in [0, 0.1) is 6.92 Å². The summed E-state index contributed by atoms with van der Waals surface area (Å²) >= 11 is 12.4. The molecule has 1 N–H and O–H groups in total. The van der Waals surface area contributed by atoms with E-state index in [1.54, 1.807) is 61.5 Å². The number of nitrogens with one attached hydrogen (secondary N) is 1. The van der Waals surface area contributed by atoms with Crippen LogP contribution in [0.15, 0.2) is 108 Å². The van der Waals surface area contributed by atoms with Crippen LogP contribution in [0.2, 0.25) is 10.0 Å². The lowest BCUT2D eigenvalue weighted by atomic mass is 10.0. The van der Waals surface area contributed by atoms with Crippen LogP contribution in [-0.2, 0) is 32.6 Å². The third-order valence-corrected chi connectivity index (χ3v) is 9.15. The fraction of sp³-hybridized carbons (Fsp3) is 0.212. The number of hydrogen-bond donors (Lipinski definition) is 1. The first-order valence-electron chi connectivity index (χ1n) is 13.8. The summed E-state index contributed by atoms with van der Waals surface area (Å²) in [5.41, 5.74) is 2.71. The average molecular weight is 639 g/mol. The lowest BCUT2D eigenvalue weighted by molar-refractivity contribution is -0.140. The maximum absolute atomic E-state index is 14.3. The molecule has 0 fully saturated rings. The molecule has 0 unspecified atom stereocenters. The number of halogens is 2. The normalized spacial score (nSPS) is 11.9. The van der Waals surface area contributed by atoms with E-state index in [9.17, 15) is 18.0 Å². The quantitative estimate of drug-likeness (QED) is 0.198. The highest BCUT2D eigenvalue weighted by atomic mass is 35.5. The van der Waals surface area contributed by atoms with Gasteiger partial charge in [0, 0.05) is 29.6 Å². The van der Waals surface area contributed by atoms with E-state index in [1.165, 1.54) is 23.1 Å². The molecule has 0 aliphatic rings. The molecular formula is C33H33Cl2N3O4S. The van der Waals surface area contributed by atoms with E-state index >= 15 is 0 Å².